The van der Waals surface area contributed by atoms with Crippen molar-refractivity contribution in [3.05, 3.63) is 52.3 Å². The molecule has 10 heteroatoms. The number of aromatic nitrogens is 2. The van der Waals surface area contributed by atoms with Gasteiger partial charge in [-0.2, -0.15) is 18.3 Å². The van der Waals surface area contributed by atoms with E-state index in [2.05, 4.69) is 10.2 Å². The molecule has 1 aromatic carbocycles. The number of likely N-dealkylation sites (tertiary alicyclic amines) is 1. The van der Waals surface area contributed by atoms with Crippen LogP contribution in [0, 0.1) is 0 Å². The molecular formula is C23H29F3N4O3. The highest BCUT2D eigenvalue weighted by Crippen LogP contribution is 2.39. The molecule has 0 aliphatic carbocycles. The number of carbonyl (C=O) groups excluding carboxylic acids is 1. The lowest BCUT2D eigenvalue weighted by Gasteiger charge is -2.33. The number of aromatic amines is 1. The second-order valence-electron chi connectivity index (χ2n) is 8.69. The predicted octanol–water partition coefficient (Wildman–Crippen LogP) is 3.16. The van der Waals surface area contributed by atoms with E-state index in [9.17, 15) is 23.1 Å². The van der Waals surface area contributed by atoms with Gasteiger partial charge in [0.1, 0.15) is 6.23 Å². The smallest absolute Gasteiger partial charge is 0.381 e. The number of benzene rings is 1. The van der Waals surface area contributed by atoms with E-state index in [-0.39, 0.29) is 18.4 Å². The SMILES string of the molecule is COCC(O)N1CCCc2[nH]nc(C(=O)N3CCC(c4ccccc4C(F)(F)F)CC3)c2C1. The van der Waals surface area contributed by atoms with Crippen LogP contribution in [-0.2, 0) is 23.9 Å². The van der Waals surface area contributed by atoms with Crippen molar-refractivity contribution < 1.29 is 27.8 Å². The number of rotatable bonds is 5. The quantitative estimate of drug-likeness (QED) is 0.708. The summed E-state index contributed by atoms with van der Waals surface area (Å²) in [6, 6.07) is 5.69. The number of methoxy groups -OCH3 is 1. The second kappa shape index (κ2) is 9.82. The Morgan fingerprint density at radius 2 is 2.00 bits per heavy atom. The van der Waals surface area contributed by atoms with Gasteiger partial charge in [-0.25, -0.2) is 0 Å². The first-order valence-corrected chi connectivity index (χ1v) is 11.2. The van der Waals surface area contributed by atoms with Crippen molar-refractivity contribution in [3.8, 4) is 0 Å². The van der Waals surface area contributed by atoms with Crippen LogP contribution in [0.3, 0.4) is 0 Å². The van der Waals surface area contributed by atoms with E-state index >= 15 is 0 Å². The van der Waals surface area contributed by atoms with Gasteiger partial charge >= 0.3 is 6.18 Å². The van der Waals surface area contributed by atoms with Crippen molar-refractivity contribution in [2.45, 2.75) is 50.6 Å². The molecule has 4 rings (SSSR count). The van der Waals surface area contributed by atoms with Gasteiger partial charge in [0.15, 0.2) is 5.69 Å². The molecule has 180 valence electrons. The second-order valence-corrected chi connectivity index (χ2v) is 8.69. The van der Waals surface area contributed by atoms with E-state index in [0.29, 0.717) is 50.3 Å². The van der Waals surface area contributed by atoms with Crippen molar-refractivity contribution in [1.29, 1.82) is 0 Å². The van der Waals surface area contributed by atoms with Crippen LogP contribution in [0.4, 0.5) is 13.2 Å². The number of piperidine rings is 1. The van der Waals surface area contributed by atoms with E-state index < -0.39 is 18.0 Å². The van der Waals surface area contributed by atoms with Crippen LogP contribution in [0.15, 0.2) is 24.3 Å². The molecule has 7 nitrogen and oxygen atoms in total. The first kappa shape index (κ1) is 23.7. The predicted molar refractivity (Wildman–Crippen MR) is 115 cm³/mol. The van der Waals surface area contributed by atoms with Gasteiger partial charge < -0.3 is 14.7 Å². The zero-order valence-corrected chi connectivity index (χ0v) is 18.6. The number of aliphatic hydroxyl groups excluding tert-OH is 1. The molecule has 2 aromatic rings. The average Bonchev–Trinajstić information content (AvgIpc) is 3.07. The van der Waals surface area contributed by atoms with Crippen LogP contribution >= 0.6 is 0 Å². The van der Waals surface area contributed by atoms with Gasteiger partial charge in [0.25, 0.3) is 5.91 Å². The molecular weight excluding hydrogens is 437 g/mol. The van der Waals surface area contributed by atoms with E-state index in [1.54, 1.807) is 17.0 Å². The average molecular weight is 467 g/mol. The van der Waals surface area contributed by atoms with E-state index in [0.717, 1.165) is 30.2 Å². The lowest BCUT2D eigenvalue weighted by molar-refractivity contribution is -0.138. The Kier molecular flexibility index (Phi) is 7.06. The van der Waals surface area contributed by atoms with Crippen LogP contribution in [0.25, 0.3) is 0 Å². The van der Waals surface area contributed by atoms with Crippen molar-refractivity contribution in [2.75, 3.05) is 33.4 Å². The van der Waals surface area contributed by atoms with Crippen LogP contribution in [0.1, 0.15) is 58.1 Å². The minimum atomic E-state index is -4.39. The van der Waals surface area contributed by atoms with E-state index in [1.165, 1.54) is 13.2 Å². The molecule has 2 aliphatic rings. The summed E-state index contributed by atoms with van der Waals surface area (Å²) in [5.41, 5.74) is 1.70. The van der Waals surface area contributed by atoms with E-state index in [1.807, 2.05) is 4.90 Å². The fourth-order valence-electron chi connectivity index (χ4n) is 4.86. The van der Waals surface area contributed by atoms with Crippen molar-refractivity contribution in [1.82, 2.24) is 20.0 Å². The number of aryl methyl sites for hydroxylation is 1. The molecule has 1 fully saturated rings. The number of fused-ring (bicyclic) bond motifs is 1. The van der Waals surface area contributed by atoms with Crippen LogP contribution in [-0.4, -0.2) is 70.6 Å². The fraction of sp³-hybridized carbons (Fsp3) is 0.565. The highest BCUT2D eigenvalue weighted by molar-refractivity contribution is 5.94. The third-order valence-electron chi connectivity index (χ3n) is 6.61. The molecule has 1 amide bonds. The molecule has 1 unspecified atom stereocenters. The summed E-state index contributed by atoms with van der Waals surface area (Å²) in [6.45, 7) is 1.96. The maximum Gasteiger partial charge on any atom is 0.416 e. The van der Waals surface area contributed by atoms with Gasteiger partial charge in [0, 0.05) is 44.5 Å². The minimum absolute atomic E-state index is 0.170. The molecule has 0 spiro atoms. The van der Waals surface area contributed by atoms with Crippen LogP contribution < -0.4 is 0 Å². The minimum Gasteiger partial charge on any atom is -0.381 e. The normalized spacial score (nSPS) is 19.2. The number of carbonyl (C=O) groups is 1. The number of nitrogens with one attached hydrogen (secondary N) is 1. The Labute approximate surface area is 190 Å². The number of nitrogens with zero attached hydrogens (tertiary/aromatic N) is 3. The Bertz CT molecular complexity index is 970. The van der Waals surface area contributed by atoms with Crippen LogP contribution in [0.5, 0.6) is 0 Å². The summed E-state index contributed by atoms with van der Waals surface area (Å²) in [4.78, 5) is 16.8. The molecule has 2 N–H and O–H groups in total. The van der Waals surface area contributed by atoms with Crippen molar-refractivity contribution >= 4 is 5.91 Å². The fourth-order valence-corrected chi connectivity index (χ4v) is 4.86. The number of aliphatic hydroxyl groups is 1. The maximum atomic E-state index is 13.4. The van der Waals surface area contributed by atoms with Gasteiger partial charge in [0.05, 0.1) is 12.2 Å². The van der Waals surface area contributed by atoms with Gasteiger partial charge in [-0.3, -0.25) is 14.8 Å². The number of amides is 1. The first-order chi connectivity index (χ1) is 15.8. The Morgan fingerprint density at radius 1 is 1.27 bits per heavy atom. The molecule has 0 saturated carbocycles. The standard InChI is InChI=1S/C23H29F3N4O3/c1-33-14-20(31)30-10-4-7-19-17(13-30)21(28-27-19)22(32)29-11-8-15(9-12-29)16-5-2-3-6-18(16)23(24,25)26/h2-3,5-6,15,20,31H,4,7-14H2,1H3,(H,27,28). The Morgan fingerprint density at radius 3 is 2.70 bits per heavy atom. The molecule has 1 atom stereocenters. The number of hydrogen-bond donors (Lipinski definition) is 2. The van der Waals surface area contributed by atoms with Gasteiger partial charge in [-0.05, 0) is 43.2 Å². The molecule has 1 aromatic heterocycles. The summed E-state index contributed by atoms with van der Waals surface area (Å²) in [7, 11) is 1.52. The zero-order chi connectivity index (χ0) is 23.6. The van der Waals surface area contributed by atoms with Crippen molar-refractivity contribution in [3.63, 3.8) is 0 Å². The summed E-state index contributed by atoms with van der Waals surface area (Å²) in [6.07, 6.45) is -2.71. The number of hydrogen-bond acceptors (Lipinski definition) is 5. The summed E-state index contributed by atoms with van der Waals surface area (Å²) in [5.74, 6) is -0.471. The molecule has 1 saturated heterocycles. The molecule has 2 aliphatic heterocycles. The number of H-pyrrole nitrogens is 1. The molecule has 33 heavy (non-hydrogen) atoms. The van der Waals surface area contributed by atoms with Crippen molar-refractivity contribution in [2.24, 2.45) is 0 Å². The highest BCUT2D eigenvalue weighted by Gasteiger charge is 2.37. The Balaban J connectivity index is 1.46. The third kappa shape index (κ3) is 5.07. The number of alkyl halides is 3. The zero-order valence-electron chi connectivity index (χ0n) is 18.6. The molecule has 0 radical (unpaired) electrons. The lowest BCUT2D eigenvalue weighted by atomic mass is 9.86. The number of halogens is 3. The maximum absolute atomic E-state index is 13.4. The molecule has 3 heterocycles. The van der Waals surface area contributed by atoms with Crippen LogP contribution in [0.2, 0.25) is 0 Å². The lowest BCUT2D eigenvalue weighted by Crippen LogP contribution is -2.40. The highest BCUT2D eigenvalue weighted by atomic mass is 19.4. The van der Waals surface area contributed by atoms with Gasteiger partial charge in [-0.15, -0.1) is 0 Å². The third-order valence-corrected chi connectivity index (χ3v) is 6.61. The first-order valence-electron chi connectivity index (χ1n) is 11.2. The monoisotopic (exact) mass is 466 g/mol. The van der Waals surface area contributed by atoms with Gasteiger partial charge in [-0.1, -0.05) is 18.2 Å². The van der Waals surface area contributed by atoms with E-state index in [4.69, 9.17) is 4.74 Å². The topological polar surface area (TPSA) is 81.7 Å². The largest absolute Gasteiger partial charge is 0.416 e. The Hall–Kier alpha value is -2.43. The summed E-state index contributed by atoms with van der Waals surface area (Å²) < 4.78 is 45.3. The summed E-state index contributed by atoms with van der Waals surface area (Å²) >= 11 is 0. The summed E-state index contributed by atoms with van der Waals surface area (Å²) in [5, 5.41) is 17.6. The molecule has 0 bridgehead atoms. The number of ether oxygens (including phenoxy) is 1. The van der Waals surface area contributed by atoms with Gasteiger partial charge in [0.2, 0.25) is 0 Å².